The Bertz CT molecular complexity index is 343. The molecule has 120 valence electrons. The summed E-state index contributed by atoms with van der Waals surface area (Å²) >= 11 is 0. The molecule has 0 aromatic heterocycles. The first-order valence-electron chi connectivity index (χ1n) is 8.55. The van der Waals surface area contributed by atoms with Crippen molar-refractivity contribution in [2.24, 2.45) is 17.3 Å². The van der Waals surface area contributed by atoms with Crippen LogP contribution >= 0.6 is 0 Å². The number of hydrogen-bond acceptors (Lipinski definition) is 2. The molecule has 2 atom stereocenters. The van der Waals surface area contributed by atoms with Gasteiger partial charge in [-0.1, -0.05) is 31.9 Å². The largest absolute Gasteiger partial charge is 0.346 e. The van der Waals surface area contributed by atoms with Gasteiger partial charge in [0.25, 0.3) is 0 Å². The van der Waals surface area contributed by atoms with Gasteiger partial charge in [-0.3, -0.25) is 0 Å². The van der Waals surface area contributed by atoms with Crippen LogP contribution in [0.3, 0.4) is 0 Å². The minimum atomic E-state index is -0.516. The fourth-order valence-corrected chi connectivity index (χ4v) is 4.49. The normalized spacial score (nSPS) is 28.7. The summed E-state index contributed by atoms with van der Waals surface area (Å²) in [6.07, 6.45) is 13.2. The second kappa shape index (κ2) is 7.11. The molecule has 2 aliphatic carbocycles. The first-order valence-corrected chi connectivity index (χ1v) is 8.55. The Balaban J connectivity index is 2.14. The van der Waals surface area contributed by atoms with E-state index in [1.54, 1.807) is 0 Å². The van der Waals surface area contributed by atoms with Crippen molar-refractivity contribution in [1.82, 2.24) is 0 Å². The molecule has 0 N–H and O–H groups in total. The maximum Gasteiger partial charge on any atom is 0.169 e. The quantitative estimate of drug-likeness (QED) is 0.480. The summed E-state index contributed by atoms with van der Waals surface area (Å²) in [5.41, 5.74) is 0.563. The van der Waals surface area contributed by atoms with Crippen molar-refractivity contribution < 1.29 is 9.47 Å². The highest BCUT2D eigenvalue weighted by atomic mass is 16.7. The third-order valence-corrected chi connectivity index (χ3v) is 5.78. The van der Waals surface area contributed by atoms with Gasteiger partial charge in [0, 0.05) is 5.92 Å². The molecule has 0 heterocycles. The lowest BCUT2D eigenvalue weighted by atomic mass is 9.62. The molecule has 0 saturated heterocycles. The standard InChI is InChI=1S/C19H32O2/c1-5-13-20-18(4,21-14-6-2)17-15-19(10-7-8-11-19)12-9-16(17)3/h5-6,16-17H,1-2,7-15H2,3-4H3/t16-,17?/m1/s1. The van der Waals surface area contributed by atoms with Gasteiger partial charge >= 0.3 is 0 Å². The topological polar surface area (TPSA) is 18.5 Å². The highest BCUT2D eigenvalue weighted by molar-refractivity contribution is 4.96. The Morgan fingerprint density at radius 1 is 1.10 bits per heavy atom. The van der Waals surface area contributed by atoms with Crippen molar-refractivity contribution in [2.45, 2.75) is 64.6 Å². The lowest BCUT2D eigenvalue weighted by Crippen LogP contribution is -2.48. The molecule has 0 aromatic rings. The van der Waals surface area contributed by atoms with E-state index in [1.165, 1.54) is 44.9 Å². The van der Waals surface area contributed by atoms with E-state index >= 15 is 0 Å². The zero-order chi connectivity index (χ0) is 15.3. The van der Waals surface area contributed by atoms with Crippen LogP contribution in [-0.2, 0) is 9.47 Å². The summed E-state index contributed by atoms with van der Waals surface area (Å²) in [4.78, 5) is 0. The first kappa shape index (κ1) is 16.8. The molecule has 21 heavy (non-hydrogen) atoms. The second-order valence-electron chi connectivity index (χ2n) is 7.25. The Morgan fingerprint density at radius 2 is 1.67 bits per heavy atom. The van der Waals surface area contributed by atoms with Gasteiger partial charge in [-0.2, -0.15) is 0 Å². The van der Waals surface area contributed by atoms with Crippen LogP contribution < -0.4 is 0 Å². The van der Waals surface area contributed by atoms with Crippen LogP contribution in [0.15, 0.2) is 25.3 Å². The fourth-order valence-electron chi connectivity index (χ4n) is 4.49. The third kappa shape index (κ3) is 3.78. The summed E-state index contributed by atoms with van der Waals surface area (Å²) < 4.78 is 12.2. The molecule has 0 aromatic carbocycles. The van der Waals surface area contributed by atoms with E-state index in [4.69, 9.17) is 9.47 Å². The Kier molecular flexibility index (Phi) is 5.67. The van der Waals surface area contributed by atoms with E-state index in [9.17, 15) is 0 Å². The third-order valence-electron chi connectivity index (χ3n) is 5.78. The number of hydrogen-bond donors (Lipinski definition) is 0. The van der Waals surface area contributed by atoms with Crippen LogP contribution in [0.1, 0.15) is 58.8 Å². The molecule has 2 nitrogen and oxygen atoms in total. The zero-order valence-electron chi connectivity index (χ0n) is 13.9. The molecule has 2 aliphatic rings. The van der Waals surface area contributed by atoms with Crippen molar-refractivity contribution >= 4 is 0 Å². The Labute approximate surface area is 130 Å². The van der Waals surface area contributed by atoms with Gasteiger partial charge in [-0.05, 0) is 50.4 Å². The van der Waals surface area contributed by atoms with E-state index in [0.29, 0.717) is 30.5 Å². The summed E-state index contributed by atoms with van der Waals surface area (Å²) in [7, 11) is 0. The monoisotopic (exact) mass is 292 g/mol. The molecule has 0 bridgehead atoms. The van der Waals surface area contributed by atoms with Crippen LogP contribution in [0, 0.1) is 17.3 Å². The summed E-state index contributed by atoms with van der Waals surface area (Å²) in [6.45, 7) is 13.1. The van der Waals surface area contributed by atoms with Crippen LogP contribution in [0.4, 0.5) is 0 Å². The van der Waals surface area contributed by atoms with Crippen LogP contribution in [0.2, 0.25) is 0 Å². The van der Waals surface area contributed by atoms with Crippen molar-refractivity contribution in [3.63, 3.8) is 0 Å². The molecular weight excluding hydrogens is 260 g/mol. The minimum absolute atomic E-state index is 0.462. The van der Waals surface area contributed by atoms with Gasteiger partial charge in [-0.25, -0.2) is 0 Å². The molecule has 0 amide bonds. The van der Waals surface area contributed by atoms with E-state index in [1.807, 2.05) is 12.2 Å². The lowest BCUT2D eigenvalue weighted by molar-refractivity contribution is -0.264. The molecular formula is C19H32O2. The first-order chi connectivity index (χ1) is 10.1. The van der Waals surface area contributed by atoms with Crippen LogP contribution in [0.5, 0.6) is 0 Å². The van der Waals surface area contributed by atoms with Gasteiger partial charge in [0.15, 0.2) is 5.79 Å². The van der Waals surface area contributed by atoms with Gasteiger partial charge in [-0.15, -0.1) is 13.2 Å². The van der Waals surface area contributed by atoms with E-state index < -0.39 is 5.79 Å². The van der Waals surface area contributed by atoms with Crippen molar-refractivity contribution in [2.75, 3.05) is 13.2 Å². The zero-order valence-corrected chi connectivity index (χ0v) is 13.9. The van der Waals surface area contributed by atoms with Gasteiger partial charge in [0.05, 0.1) is 13.2 Å². The maximum atomic E-state index is 6.11. The van der Waals surface area contributed by atoms with E-state index in [2.05, 4.69) is 27.0 Å². The van der Waals surface area contributed by atoms with Gasteiger partial charge < -0.3 is 9.47 Å². The maximum absolute atomic E-state index is 6.11. The number of ether oxygens (including phenoxy) is 2. The second-order valence-corrected chi connectivity index (χ2v) is 7.25. The summed E-state index contributed by atoms with van der Waals surface area (Å²) in [5, 5.41) is 0. The predicted octanol–water partition coefficient (Wildman–Crippen LogP) is 5.10. The fraction of sp³-hybridized carbons (Fsp3) is 0.789. The smallest absolute Gasteiger partial charge is 0.169 e. The number of rotatable bonds is 7. The van der Waals surface area contributed by atoms with Crippen molar-refractivity contribution in [3.05, 3.63) is 25.3 Å². The highest BCUT2D eigenvalue weighted by Gasteiger charge is 2.48. The molecule has 1 unspecified atom stereocenters. The Hall–Kier alpha value is -0.600. The van der Waals surface area contributed by atoms with Crippen molar-refractivity contribution in [1.29, 1.82) is 0 Å². The Morgan fingerprint density at radius 3 is 2.19 bits per heavy atom. The average molecular weight is 292 g/mol. The summed E-state index contributed by atoms with van der Waals surface area (Å²) in [6, 6.07) is 0. The van der Waals surface area contributed by atoms with Crippen LogP contribution in [-0.4, -0.2) is 19.0 Å². The lowest BCUT2D eigenvalue weighted by Gasteiger charge is -2.48. The summed E-state index contributed by atoms with van der Waals surface area (Å²) in [5.74, 6) is 0.595. The molecule has 2 rings (SSSR count). The minimum Gasteiger partial charge on any atom is -0.346 e. The van der Waals surface area contributed by atoms with E-state index in [0.717, 1.165) is 0 Å². The van der Waals surface area contributed by atoms with Crippen molar-refractivity contribution in [3.8, 4) is 0 Å². The van der Waals surface area contributed by atoms with Crippen LogP contribution in [0.25, 0.3) is 0 Å². The highest BCUT2D eigenvalue weighted by Crippen LogP contribution is 2.55. The van der Waals surface area contributed by atoms with Gasteiger partial charge in [0.2, 0.25) is 0 Å². The van der Waals surface area contributed by atoms with E-state index in [-0.39, 0.29) is 0 Å². The molecule has 0 radical (unpaired) electrons. The predicted molar refractivity (Wildman–Crippen MR) is 88.1 cm³/mol. The average Bonchev–Trinajstić information content (AvgIpc) is 2.94. The molecule has 2 fully saturated rings. The van der Waals surface area contributed by atoms with Gasteiger partial charge in [0.1, 0.15) is 0 Å². The molecule has 2 heteroatoms. The molecule has 2 saturated carbocycles. The SMILES string of the molecule is C=CCOC(C)(OCC=C)C1CC2(CCCC2)CC[C@H]1C. The molecule has 1 spiro atoms. The molecule has 0 aliphatic heterocycles.